The lowest BCUT2D eigenvalue weighted by atomic mass is 10.3. The van der Waals surface area contributed by atoms with Crippen LogP contribution in [0.15, 0.2) is 18.3 Å². The molecule has 0 saturated carbocycles. The largest absolute Gasteiger partial charge is 0.345 e. The van der Waals surface area contributed by atoms with E-state index < -0.39 is 18.9 Å². The van der Waals surface area contributed by atoms with Gasteiger partial charge >= 0.3 is 0 Å². The summed E-state index contributed by atoms with van der Waals surface area (Å²) in [5, 5.41) is 2.03. The molecule has 0 radical (unpaired) electrons. The Hall–Kier alpha value is -1.76. The summed E-state index contributed by atoms with van der Waals surface area (Å²) in [4.78, 5) is 14.9. The molecule has 1 heterocycles. The normalized spacial score (nSPS) is 10.1. The number of carbonyl (C=O) groups is 1. The van der Waals surface area contributed by atoms with Crippen LogP contribution in [0.2, 0.25) is 0 Å². The number of hydrogen-bond acceptors (Lipinski definition) is 4. The first-order valence-electron chi connectivity index (χ1n) is 4.12. The number of aromatic nitrogens is 1. The Kier molecular flexibility index (Phi) is 3.92. The number of nitrogens with two attached hydrogens (primary N) is 1. The Labute approximate surface area is 84.6 Å². The van der Waals surface area contributed by atoms with Gasteiger partial charge in [-0.3, -0.25) is 10.6 Å². The monoisotopic (exact) mass is 216 g/mol. The Balaban J connectivity index is 2.58. The lowest BCUT2D eigenvalue weighted by Gasteiger charge is -2.04. The highest BCUT2D eigenvalue weighted by molar-refractivity contribution is 5.92. The molecule has 1 amide bonds. The summed E-state index contributed by atoms with van der Waals surface area (Å²) in [6.07, 6.45) is -1.24. The molecule has 0 bridgehead atoms. The molecule has 0 spiro atoms. The lowest BCUT2D eigenvalue weighted by Crippen LogP contribution is -2.29. The average Bonchev–Trinajstić information content (AvgIpc) is 2.26. The molecular weight excluding hydrogens is 206 g/mol. The van der Waals surface area contributed by atoms with E-state index in [9.17, 15) is 13.6 Å². The summed E-state index contributed by atoms with van der Waals surface area (Å²) >= 11 is 0. The highest BCUT2D eigenvalue weighted by Crippen LogP contribution is 2.03. The van der Waals surface area contributed by atoms with E-state index in [4.69, 9.17) is 5.84 Å². The summed E-state index contributed by atoms with van der Waals surface area (Å²) in [5.74, 6) is 4.44. The molecule has 0 atom stereocenters. The number of alkyl halides is 2. The van der Waals surface area contributed by atoms with Crippen LogP contribution in [-0.4, -0.2) is 23.9 Å². The van der Waals surface area contributed by atoms with E-state index in [1.165, 1.54) is 18.3 Å². The Morgan fingerprint density at radius 1 is 1.53 bits per heavy atom. The van der Waals surface area contributed by atoms with Gasteiger partial charge in [-0.05, 0) is 12.1 Å². The van der Waals surface area contributed by atoms with E-state index in [0.717, 1.165) is 0 Å². The molecule has 0 aliphatic carbocycles. The molecule has 1 aromatic rings. The first-order valence-corrected chi connectivity index (χ1v) is 4.12. The van der Waals surface area contributed by atoms with Crippen molar-refractivity contribution >= 4 is 11.6 Å². The van der Waals surface area contributed by atoms with Crippen LogP contribution in [0.5, 0.6) is 0 Å². The zero-order chi connectivity index (χ0) is 11.3. The second-order valence-corrected chi connectivity index (χ2v) is 2.68. The molecule has 5 nitrogen and oxygen atoms in total. The minimum atomic E-state index is -2.57. The van der Waals surface area contributed by atoms with Crippen molar-refractivity contribution in [3.63, 3.8) is 0 Å². The predicted octanol–water partition coefficient (Wildman–Crippen LogP) is 0.362. The fourth-order valence-corrected chi connectivity index (χ4v) is 0.874. The summed E-state index contributed by atoms with van der Waals surface area (Å²) in [7, 11) is 0. The van der Waals surface area contributed by atoms with Crippen LogP contribution in [0, 0.1) is 0 Å². The molecule has 15 heavy (non-hydrogen) atoms. The van der Waals surface area contributed by atoms with Crippen molar-refractivity contribution in [1.82, 2.24) is 10.3 Å². The molecule has 1 rings (SSSR count). The van der Waals surface area contributed by atoms with Gasteiger partial charge in [0, 0.05) is 0 Å². The number of nitrogen functional groups attached to an aromatic ring is 1. The van der Waals surface area contributed by atoms with Crippen LogP contribution in [0.3, 0.4) is 0 Å². The van der Waals surface area contributed by atoms with Crippen molar-refractivity contribution in [3.05, 3.63) is 24.0 Å². The number of amides is 1. The molecule has 4 N–H and O–H groups in total. The lowest BCUT2D eigenvalue weighted by molar-refractivity contribution is 0.0887. The molecular formula is C8H10F2N4O. The third-order valence-corrected chi connectivity index (χ3v) is 1.58. The van der Waals surface area contributed by atoms with Crippen LogP contribution in [0.25, 0.3) is 0 Å². The van der Waals surface area contributed by atoms with Crippen LogP contribution >= 0.6 is 0 Å². The SMILES string of the molecule is NNc1ccc(C(=O)NCC(F)F)nc1. The quantitative estimate of drug-likeness (QED) is 0.501. The minimum absolute atomic E-state index is 0.0645. The number of halogens is 2. The zero-order valence-electron chi connectivity index (χ0n) is 7.71. The van der Waals surface area contributed by atoms with Crippen molar-refractivity contribution in [2.45, 2.75) is 6.43 Å². The van der Waals surface area contributed by atoms with Crippen LogP contribution < -0.4 is 16.6 Å². The van der Waals surface area contributed by atoms with Gasteiger partial charge in [-0.1, -0.05) is 0 Å². The highest BCUT2D eigenvalue weighted by Gasteiger charge is 2.09. The summed E-state index contributed by atoms with van der Waals surface area (Å²) in [6, 6.07) is 2.90. The van der Waals surface area contributed by atoms with E-state index >= 15 is 0 Å². The maximum Gasteiger partial charge on any atom is 0.270 e. The third-order valence-electron chi connectivity index (χ3n) is 1.58. The number of pyridine rings is 1. The molecule has 1 aromatic heterocycles. The first kappa shape index (κ1) is 11.3. The van der Waals surface area contributed by atoms with Crippen molar-refractivity contribution < 1.29 is 13.6 Å². The second kappa shape index (κ2) is 5.20. The average molecular weight is 216 g/mol. The van der Waals surface area contributed by atoms with Crippen LogP contribution in [0.1, 0.15) is 10.5 Å². The Morgan fingerprint density at radius 3 is 2.73 bits per heavy atom. The summed E-state index contributed by atoms with van der Waals surface area (Å²) in [6.45, 7) is -0.683. The molecule has 0 fully saturated rings. The van der Waals surface area contributed by atoms with Crippen molar-refractivity contribution in [1.29, 1.82) is 0 Å². The zero-order valence-corrected chi connectivity index (χ0v) is 7.71. The Morgan fingerprint density at radius 2 is 2.27 bits per heavy atom. The number of hydrogen-bond donors (Lipinski definition) is 3. The Bertz CT molecular complexity index is 328. The number of rotatable bonds is 4. The molecule has 0 saturated heterocycles. The number of carbonyl (C=O) groups excluding carboxylic acids is 1. The van der Waals surface area contributed by atoms with Gasteiger partial charge in [-0.2, -0.15) is 0 Å². The van der Waals surface area contributed by atoms with Gasteiger partial charge in [-0.15, -0.1) is 0 Å². The molecule has 0 aliphatic rings. The van der Waals surface area contributed by atoms with Crippen molar-refractivity contribution in [3.8, 4) is 0 Å². The van der Waals surface area contributed by atoms with Gasteiger partial charge in [-0.25, -0.2) is 13.8 Å². The van der Waals surface area contributed by atoms with Gasteiger partial charge in [0.15, 0.2) is 0 Å². The number of nitrogens with one attached hydrogen (secondary N) is 2. The fraction of sp³-hybridized carbons (Fsp3) is 0.250. The smallest absolute Gasteiger partial charge is 0.270 e. The molecule has 0 unspecified atom stereocenters. The summed E-state index contributed by atoms with van der Waals surface area (Å²) < 4.78 is 23.5. The molecule has 82 valence electrons. The summed E-state index contributed by atoms with van der Waals surface area (Å²) in [5.41, 5.74) is 2.92. The number of nitrogens with zero attached hydrogens (tertiary/aromatic N) is 1. The van der Waals surface area contributed by atoms with Gasteiger partial charge in [0.1, 0.15) is 5.69 Å². The van der Waals surface area contributed by atoms with Gasteiger partial charge in [0.25, 0.3) is 12.3 Å². The second-order valence-electron chi connectivity index (χ2n) is 2.68. The van der Waals surface area contributed by atoms with Gasteiger partial charge in [0.05, 0.1) is 18.4 Å². The van der Waals surface area contributed by atoms with E-state index in [1.54, 1.807) is 0 Å². The van der Waals surface area contributed by atoms with E-state index in [1.807, 2.05) is 5.32 Å². The highest BCUT2D eigenvalue weighted by atomic mass is 19.3. The standard InChI is InChI=1S/C8H10F2N4O/c9-7(10)4-13-8(15)6-2-1-5(14-11)3-12-6/h1-3,7,14H,4,11H2,(H,13,15). The first-order chi connectivity index (χ1) is 7.13. The minimum Gasteiger partial charge on any atom is -0.345 e. The van der Waals surface area contributed by atoms with Crippen molar-refractivity contribution in [2.24, 2.45) is 5.84 Å². The topological polar surface area (TPSA) is 80.0 Å². The molecule has 0 aliphatic heterocycles. The number of anilines is 1. The maximum atomic E-state index is 11.8. The molecule has 7 heteroatoms. The predicted molar refractivity (Wildman–Crippen MR) is 50.4 cm³/mol. The van der Waals surface area contributed by atoms with E-state index in [-0.39, 0.29) is 5.69 Å². The number of hydrazine groups is 1. The van der Waals surface area contributed by atoms with E-state index in [0.29, 0.717) is 5.69 Å². The van der Waals surface area contributed by atoms with Crippen LogP contribution in [-0.2, 0) is 0 Å². The third kappa shape index (κ3) is 3.47. The fourth-order valence-electron chi connectivity index (χ4n) is 0.874. The van der Waals surface area contributed by atoms with Gasteiger partial charge < -0.3 is 10.7 Å². The van der Waals surface area contributed by atoms with Crippen LogP contribution in [0.4, 0.5) is 14.5 Å². The van der Waals surface area contributed by atoms with E-state index in [2.05, 4.69) is 10.4 Å². The van der Waals surface area contributed by atoms with Crippen molar-refractivity contribution in [2.75, 3.05) is 12.0 Å². The van der Waals surface area contributed by atoms with Gasteiger partial charge in [0.2, 0.25) is 0 Å². The maximum absolute atomic E-state index is 11.8. The molecule has 0 aromatic carbocycles.